The zero-order valence-corrected chi connectivity index (χ0v) is 15.1. The number of nitrogens with zero attached hydrogens (tertiary/aromatic N) is 1. The van der Waals surface area contributed by atoms with E-state index < -0.39 is 5.72 Å². The molecule has 2 heterocycles. The van der Waals surface area contributed by atoms with Crippen LogP contribution in [0.4, 0.5) is 5.69 Å². The van der Waals surface area contributed by atoms with E-state index >= 15 is 0 Å². The predicted octanol–water partition coefficient (Wildman–Crippen LogP) is 4.78. The van der Waals surface area contributed by atoms with Gasteiger partial charge in [0.05, 0.1) is 12.5 Å². The number of rotatable bonds is 1. The fourth-order valence-corrected chi connectivity index (χ4v) is 4.03. The quantitative estimate of drug-likeness (QED) is 0.749. The molecule has 3 heteroatoms. The first kappa shape index (κ1) is 15.8. The van der Waals surface area contributed by atoms with Crippen LogP contribution in [0.25, 0.3) is 6.08 Å². The lowest BCUT2D eigenvalue weighted by Gasteiger charge is -2.44. The maximum absolute atomic E-state index is 6.73. The van der Waals surface area contributed by atoms with Crippen molar-refractivity contribution in [2.75, 3.05) is 19.1 Å². The first-order valence-corrected chi connectivity index (χ1v) is 8.56. The summed E-state index contributed by atoms with van der Waals surface area (Å²) in [5.41, 5.74) is 2.71. The number of methoxy groups -OCH3 is 1. The third-order valence-corrected chi connectivity index (χ3v) is 5.52. The molecule has 0 N–H and O–H groups in total. The van der Waals surface area contributed by atoms with Crippen molar-refractivity contribution >= 4 is 11.8 Å². The van der Waals surface area contributed by atoms with E-state index in [1.807, 2.05) is 18.2 Å². The van der Waals surface area contributed by atoms with Gasteiger partial charge in [-0.3, -0.25) is 0 Å². The second-order valence-electron chi connectivity index (χ2n) is 7.12. The summed E-state index contributed by atoms with van der Waals surface area (Å²) in [6.45, 7) is 4.49. The van der Waals surface area contributed by atoms with Gasteiger partial charge in [0, 0.05) is 18.3 Å². The summed E-state index contributed by atoms with van der Waals surface area (Å²) >= 11 is 0. The van der Waals surface area contributed by atoms with E-state index in [0.29, 0.717) is 0 Å². The lowest BCUT2D eigenvalue weighted by Crippen LogP contribution is -2.57. The van der Waals surface area contributed by atoms with Crippen LogP contribution in [0.2, 0.25) is 0 Å². The summed E-state index contributed by atoms with van der Waals surface area (Å²) in [5.74, 6) is 1.68. The number of hydrogen-bond acceptors (Lipinski definition) is 3. The molecule has 0 bridgehead atoms. The molecule has 2 aromatic rings. The highest BCUT2D eigenvalue weighted by molar-refractivity contribution is 5.69. The van der Waals surface area contributed by atoms with E-state index in [-0.39, 0.29) is 5.41 Å². The van der Waals surface area contributed by atoms with Crippen LogP contribution >= 0.6 is 0 Å². The molecule has 2 aliphatic heterocycles. The minimum absolute atomic E-state index is 0.211. The van der Waals surface area contributed by atoms with Gasteiger partial charge in [0.2, 0.25) is 5.72 Å². The van der Waals surface area contributed by atoms with Gasteiger partial charge in [0.25, 0.3) is 0 Å². The molecule has 0 radical (unpaired) electrons. The van der Waals surface area contributed by atoms with Crippen molar-refractivity contribution < 1.29 is 9.47 Å². The zero-order chi connectivity index (χ0) is 17.7. The highest BCUT2D eigenvalue weighted by Crippen LogP contribution is 2.53. The van der Waals surface area contributed by atoms with Gasteiger partial charge in [0.15, 0.2) is 0 Å². The van der Waals surface area contributed by atoms with Gasteiger partial charge in [-0.1, -0.05) is 36.4 Å². The van der Waals surface area contributed by atoms with Gasteiger partial charge >= 0.3 is 0 Å². The van der Waals surface area contributed by atoms with Crippen molar-refractivity contribution in [3.8, 4) is 11.5 Å². The van der Waals surface area contributed by atoms with Gasteiger partial charge in [-0.2, -0.15) is 0 Å². The molecule has 128 valence electrons. The summed E-state index contributed by atoms with van der Waals surface area (Å²) in [6, 6.07) is 14.5. The predicted molar refractivity (Wildman–Crippen MR) is 102 cm³/mol. The number of allylic oxidation sites excluding steroid dienone is 2. The summed E-state index contributed by atoms with van der Waals surface area (Å²) < 4.78 is 12.1. The van der Waals surface area contributed by atoms with E-state index in [2.05, 4.69) is 74.4 Å². The van der Waals surface area contributed by atoms with Crippen LogP contribution in [-0.2, 0) is 5.41 Å². The molecule has 0 aromatic heterocycles. The molecule has 0 amide bonds. The molecule has 2 aliphatic rings. The monoisotopic (exact) mass is 333 g/mol. The standard InChI is InChI=1S/C22H23NO2/c1-21(2)18-10-5-6-11-19(18)23(3)22(21)14-8-7-9-16-15-17(24-4)12-13-20(16)25-22/h5-15H,1-4H3/b9-7-,14-8-. The number of ether oxygens (including phenoxy) is 2. The van der Waals surface area contributed by atoms with E-state index in [4.69, 9.17) is 9.47 Å². The Morgan fingerprint density at radius 1 is 1.04 bits per heavy atom. The van der Waals surface area contributed by atoms with Crippen LogP contribution in [0.15, 0.2) is 60.7 Å². The molecule has 3 nitrogen and oxygen atoms in total. The van der Waals surface area contributed by atoms with E-state index in [1.54, 1.807) is 7.11 Å². The maximum Gasteiger partial charge on any atom is 0.211 e. The molecule has 2 aromatic carbocycles. The molecule has 0 saturated heterocycles. The molecule has 4 rings (SSSR count). The zero-order valence-electron chi connectivity index (χ0n) is 15.1. The second-order valence-corrected chi connectivity index (χ2v) is 7.12. The summed E-state index contributed by atoms with van der Waals surface area (Å²) in [4.78, 5) is 2.24. The SMILES string of the molecule is COc1ccc2c(c1)/C=C\C=C/C1(O2)N(C)c2ccccc2C1(C)C. The first-order chi connectivity index (χ1) is 12.0. The average molecular weight is 333 g/mol. The van der Waals surface area contributed by atoms with Crippen molar-refractivity contribution in [2.24, 2.45) is 0 Å². The van der Waals surface area contributed by atoms with Crippen molar-refractivity contribution in [3.05, 3.63) is 71.8 Å². The smallest absolute Gasteiger partial charge is 0.211 e. The highest BCUT2D eigenvalue weighted by Gasteiger charge is 2.56. The van der Waals surface area contributed by atoms with Gasteiger partial charge < -0.3 is 14.4 Å². The maximum atomic E-state index is 6.73. The molecule has 1 unspecified atom stereocenters. The van der Waals surface area contributed by atoms with Crippen LogP contribution in [-0.4, -0.2) is 19.9 Å². The molecule has 1 atom stereocenters. The number of anilines is 1. The van der Waals surface area contributed by atoms with Gasteiger partial charge in [-0.25, -0.2) is 0 Å². The molecule has 0 aliphatic carbocycles. The Morgan fingerprint density at radius 3 is 2.60 bits per heavy atom. The van der Waals surface area contributed by atoms with Crippen LogP contribution in [0.1, 0.15) is 25.0 Å². The lowest BCUT2D eigenvalue weighted by atomic mass is 9.77. The fourth-order valence-electron chi connectivity index (χ4n) is 4.03. The molecule has 25 heavy (non-hydrogen) atoms. The summed E-state index contributed by atoms with van der Waals surface area (Å²) in [5, 5.41) is 0. The van der Waals surface area contributed by atoms with Gasteiger partial charge in [-0.05, 0) is 49.8 Å². The fraction of sp³-hybridized carbons (Fsp3) is 0.273. The van der Waals surface area contributed by atoms with Crippen molar-refractivity contribution in [1.82, 2.24) is 0 Å². The van der Waals surface area contributed by atoms with Crippen molar-refractivity contribution in [1.29, 1.82) is 0 Å². The van der Waals surface area contributed by atoms with E-state index in [1.165, 1.54) is 11.3 Å². The largest absolute Gasteiger partial charge is 0.497 e. The molecule has 0 fully saturated rings. The first-order valence-electron chi connectivity index (χ1n) is 8.56. The third kappa shape index (κ3) is 2.12. The van der Waals surface area contributed by atoms with Crippen molar-refractivity contribution in [3.63, 3.8) is 0 Å². The van der Waals surface area contributed by atoms with Crippen LogP contribution in [0.5, 0.6) is 11.5 Å². The molecule has 0 saturated carbocycles. The Labute approximate surface area is 149 Å². The van der Waals surface area contributed by atoms with Crippen molar-refractivity contribution in [2.45, 2.75) is 25.0 Å². The Hall–Kier alpha value is -2.68. The number of fused-ring (bicyclic) bond motifs is 2. The second kappa shape index (κ2) is 5.41. The highest BCUT2D eigenvalue weighted by atomic mass is 16.5. The minimum Gasteiger partial charge on any atom is -0.497 e. The minimum atomic E-state index is -0.592. The third-order valence-electron chi connectivity index (χ3n) is 5.52. The van der Waals surface area contributed by atoms with Crippen LogP contribution in [0, 0.1) is 0 Å². The average Bonchev–Trinajstić information content (AvgIpc) is 2.77. The number of para-hydroxylation sites is 1. The van der Waals surface area contributed by atoms with Crippen LogP contribution < -0.4 is 14.4 Å². The normalized spacial score (nSPS) is 25.4. The van der Waals surface area contributed by atoms with Gasteiger partial charge in [-0.15, -0.1) is 0 Å². The Morgan fingerprint density at radius 2 is 1.84 bits per heavy atom. The number of likely N-dealkylation sites (N-methyl/N-ethyl adjacent to an activating group) is 1. The number of hydrogen-bond donors (Lipinski definition) is 0. The summed E-state index contributed by atoms with van der Waals surface area (Å²) in [6.07, 6.45) is 8.36. The van der Waals surface area contributed by atoms with Gasteiger partial charge in [0.1, 0.15) is 11.5 Å². The molecule has 1 spiro atoms. The Balaban J connectivity index is 1.90. The number of benzene rings is 2. The molecular formula is C22H23NO2. The van der Waals surface area contributed by atoms with E-state index in [9.17, 15) is 0 Å². The summed E-state index contributed by atoms with van der Waals surface area (Å²) in [7, 11) is 3.79. The Kier molecular flexibility index (Phi) is 3.43. The molecular weight excluding hydrogens is 310 g/mol. The van der Waals surface area contributed by atoms with E-state index in [0.717, 1.165) is 17.1 Å². The van der Waals surface area contributed by atoms with Crippen LogP contribution in [0.3, 0.4) is 0 Å². The topological polar surface area (TPSA) is 21.7 Å². The Bertz CT molecular complexity index is 881. The lowest BCUT2D eigenvalue weighted by molar-refractivity contribution is 0.0598.